The number of hydrogen-bond acceptors (Lipinski definition) is 4. The number of H-pyrrole nitrogens is 2. The van der Waals surface area contributed by atoms with Crippen molar-refractivity contribution < 1.29 is 9.53 Å². The highest BCUT2D eigenvalue weighted by atomic mass is 16.5. The Bertz CT molecular complexity index is 1580. The number of aromatic amines is 2. The van der Waals surface area contributed by atoms with Gasteiger partial charge in [-0.1, -0.05) is 24.3 Å². The predicted molar refractivity (Wildman–Crippen MR) is 142 cm³/mol. The Morgan fingerprint density at radius 3 is 2.83 bits per heavy atom. The standard InChI is InChI=1S/C29H25N5O2/c30-22(10-21-15-33-27-4-2-1-3-24(21)27)17-36-23-11-20(14-32-16-23)19-5-6-28-25(12-19)26(29(35)34-28)9-18-7-8-31-13-18/h1-9,11-16,22,31,33H,10,17,30H2,(H,34,35)/t22-/m1/s1. The lowest BCUT2D eigenvalue weighted by Gasteiger charge is -2.13. The molecular weight excluding hydrogens is 450 g/mol. The highest BCUT2D eigenvalue weighted by molar-refractivity contribution is 6.35. The molecule has 0 spiro atoms. The second kappa shape index (κ2) is 9.20. The van der Waals surface area contributed by atoms with Crippen molar-refractivity contribution in [1.82, 2.24) is 15.0 Å². The van der Waals surface area contributed by atoms with E-state index in [2.05, 4.69) is 32.4 Å². The number of nitrogens with two attached hydrogens (primary N) is 1. The minimum absolute atomic E-state index is 0.109. The monoisotopic (exact) mass is 475 g/mol. The summed E-state index contributed by atoms with van der Waals surface area (Å²) in [5, 5.41) is 4.12. The second-order valence-corrected chi connectivity index (χ2v) is 8.96. The van der Waals surface area contributed by atoms with Crippen LogP contribution in [0.1, 0.15) is 16.7 Å². The average Bonchev–Trinajstić information content (AvgIpc) is 3.63. The van der Waals surface area contributed by atoms with Crippen LogP contribution in [0.25, 0.3) is 33.7 Å². The summed E-state index contributed by atoms with van der Waals surface area (Å²) in [5.41, 5.74) is 13.8. The first-order valence-electron chi connectivity index (χ1n) is 11.8. The molecule has 0 aliphatic carbocycles. The number of hydrogen-bond donors (Lipinski definition) is 4. The summed E-state index contributed by atoms with van der Waals surface area (Å²) in [7, 11) is 0. The number of rotatable bonds is 7. The van der Waals surface area contributed by atoms with Gasteiger partial charge >= 0.3 is 0 Å². The van der Waals surface area contributed by atoms with Gasteiger partial charge in [-0.25, -0.2) is 0 Å². The second-order valence-electron chi connectivity index (χ2n) is 8.96. The quantitative estimate of drug-likeness (QED) is 0.248. The van der Waals surface area contributed by atoms with Gasteiger partial charge < -0.3 is 25.8 Å². The van der Waals surface area contributed by atoms with Crippen LogP contribution < -0.4 is 15.8 Å². The zero-order chi connectivity index (χ0) is 24.5. The van der Waals surface area contributed by atoms with Gasteiger partial charge in [0.15, 0.2) is 0 Å². The Balaban J connectivity index is 1.18. The van der Waals surface area contributed by atoms with Gasteiger partial charge in [0.1, 0.15) is 12.4 Å². The van der Waals surface area contributed by atoms with Crippen molar-refractivity contribution in [1.29, 1.82) is 0 Å². The molecule has 36 heavy (non-hydrogen) atoms. The number of carbonyl (C=O) groups is 1. The fraction of sp³-hybridized carbons (Fsp3) is 0.103. The van der Waals surface area contributed by atoms with Gasteiger partial charge in [0.2, 0.25) is 0 Å². The third kappa shape index (κ3) is 4.28. The maximum absolute atomic E-state index is 12.6. The summed E-state index contributed by atoms with van der Waals surface area (Å²) in [6, 6.07) is 17.8. The van der Waals surface area contributed by atoms with Crippen LogP contribution in [-0.2, 0) is 11.2 Å². The summed E-state index contributed by atoms with van der Waals surface area (Å²) in [4.78, 5) is 23.2. The molecule has 7 heteroatoms. The van der Waals surface area contributed by atoms with Gasteiger partial charge in [0, 0.05) is 64.1 Å². The Labute approximate surface area is 208 Å². The first-order chi connectivity index (χ1) is 17.6. The van der Waals surface area contributed by atoms with Crippen LogP contribution in [0.15, 0.2) is 85.6 Å². The van der Waals surface area contributed by atoms with Crippen LogP contribution in [0.3, 0.4) is 0 Å². The lowest BCUT2D eigenvalue weighted by molar-refractivity contribution is -0.110. The van der Waals surface area contributed by atoms with Crippen LogP contribution in [-0.4, -0.2) is 33.5 Å². The van der Waals surface area contributed by atoms with E-state index in [9.17, 15) is 4.79 Å². The number of anilines is 1. The topological polar surface area (TPSA) is 109 Å². The summed E-state index contributed by atoms with van der Waals surface area (Å²) in [6.45, 7) is 0.372. The number of para-hydroxylation sites is 1. The number of aromatic nitrogens is 3. The molecule has 0 saturated heterocycles. The molecule has 2 aromatic carbocycles. The number of amides is 1. The zero-order valence-corrected chi connectivity index (χ0v) is 19.5. The third-order valence-corrected chi connectivity index (χ3v) is 6.40. The molecule has 0 unspecified atom stereocenters. The lowest BCUT2D eigenvalue weighted by atomic mass is 9.99. The first kappa shape index (κ1) is 21.9. The van der Waals surface area contributed by atoms with Crippen molar-refractivity contribution in [3.8, 4) is 16.9 Å². The molecule has 1 amide bonds. The van der Waals surface area contributed by atoms with Gasteiger partial charge in [-0.05, 0) is 59.5 Å². The minimum atomic E-state index is -0.161. The first-order valence-corrected chi connectivity index (χ1v) is 11.8. The van der Waals surface area contributed by atoms with E-state index >= 15 is 0 Å². The summed E-state index contributed by atoms with van der Waals surface area (Å²) in [5.74, 6) is 0.544. The van der Waals surface area contributed by atoms with Crippen LogP contribution in [0, 0.1) is 0 Å². The van der Waals surface area contributed by atoms with Crippen LogP contribution in [0.2, 0.25) is 0 Å². The number of carbonyl (C=O) groups excluding carboxylic acids is 1. The molecule has 0 radical (unpaired) electrons. The van der Waals surface area contributed by atoms with Gasteiger partial charge in [-0.15, -0.1) is 0 Å². The van der Waals surface area contributed by atoms with Crippen molar-refractivity contribution in [3.63, 3.8) is 0 Å². The van der Waals surface area contributed by atoms with Gasteiger partial charge in [-0.3, -0.25) is 9.78 Å². The van der Waals surface area contributed by atoms with E-state index in [-0.39, 0.29) is 11.9 Å². The Kier molecular flexibility index (Phi) is 5.59. The Morgan fingerprint density at radius 2 is 1.94 bits per heavy atom. The van der Waals surface area contributed by atoms with E-state index in [1.807, 2.05) is 67.1 Å². The maximum atomic E-state index is 12.6. The molecule has 178 valence electrons. The van der Waals surface area contributed by atoms with Gasteiger partial charge in [0.25, 0.3) is 5.91 Å². The molecule has 5 aromatic rings. The smallest absolute Gasteiger partial charge is 0.256 e. The molecular formula is C29H25N5O2. The maximum Gasteiger partial charge on any atom is 0.256 e. The SMILES string of the molecule is N[C@@H](COc1cncc(-c2ccc3c(c2)C(=Cc2cc[nH]c2)C(=O)N3)c1)Cc1c[nH]c2ccccc12. The number of fused-ring (bicyclic) bond motifs is 2. The van der Waals surface area contributed by atoms with Gasteiger partial charge in [-0.2, -0.15) is 0 Å². The van der Waals surface area contributed by atoms with Crippen LogP contribution >= 0.6 is 0 Å². The molecule has 0 bridgehead atoms. The molecule has 0 saturated carbocycles. The number of ether oxygens (including phenoxy) is 1. The fourth-order valence-corrected chi connectivity index (χ4v) is 4.60. The van der Waals surface area contributed by atoms with E-state index in [0.29, 0.717) is 24.4 Å². The van der Waals surface area contributed by atoms with Gasteiger partial charge in [0.05, 0.1) is 6.20 Å². The number of nitrogens with one attached hydrogen (secondary N) is 3. The van der Waals surface area contributed by atoms with E-state index in [0.717, 1.165) is 33.5 Å². The van der Waals surface area contributed by atoms with Crippen molar-refractivity contribution in [2.45, 2.75) is 12.5 Å². The molecule has 0 fully saturated rings. The van der Waals surface area contributed by atoms with Crippen molar-refractivity contribution in [2.75, 3.05) is 11.9 Å². The Hall–Kier alpha value is -4.62. The normalized spacial score (nSPS) is 14.7. The zero-order valence-electron chi connectivity index (χ0n) is 19.5. The predicted octanol–water partition coefficient (Wildman–Crippen LogP) is 5.00. The lowest BCUT2D eigenvalue weighted by Crippen LogP contribution is -2.30. The largest absolute Gasteiger partial charge is 0.490 e. The number of benzene rings is 2. The molecule has 4 heterocycles. The highest BCUT2D eigenvalue weighted by Gasteiger charge is 2.24. The molecule has 1 aliphatic rings. The van der Waals surface area contributed by atoms with Crippen molar-refractivity contribution >= 4 is 34.1 Å². The summed E-state index contributed by atoms with van der Waals surface area (Å²) >= 11 is 0. The number of pyridine rings is 1. The van der Waals surface area contributed by atoms with Crippen LogP contribution in [0.4, 0.5) is 5.69 Å². The molecule has 7 nitrogen and oxygen atoms in total. The highest BCUT2D eigenvalue weighted by Crippen LogP contribution is 2.36. The summed E-state index contributed by atoms with van der Waals surface area (Å²) in [6.07, 6.45) is 11.8. The molecule has 3 aromatic heterocycles. The van der Waals surface area contributed by atoms with E-state index in [1.165, 1.54) is 10.9 Å². The van der Waals surface area contributed by atoms with Crippen molar-refractivity contribution in [3.05, 3.63) is 102 Å². The Morgan fingerprint density at radius 1 is 1.03 bits per heavy atom. The average molecular weight is 476 g/mol. The number of nitrogens with zero attached hydrogens (tertiary/aromatic N) is 1. The molecule has 5 N–H and O–H groups in total. The third-order valence-electron chi connectivity index (χ3n) is 6.40. The van der Waals surface area contributed by atoms with Crippen molar-refractivity contribution in [2.24, 2.45) is 5.73 Å². The van der Waals surface area contributed by atoms with E-state index in [1.54, 1.807) is 12.4 Å². The van der Waals surface area contributed by atoms with E-state index in [4.69, 9.17) is 10.5 Å². The molecule has 1 aliphatic heterocycles. The fourth-order valence-electron chi connectivity index (χ4n) is 4.60. The summed E-state index contributed by atoms with van der Waals surface area (Å²) < 4.78 is 6.01. The van der Waals surface area contributed by atoms with E-state index < -0.39 is 0 Å². The minimum Gasteiger partial charge on any atom is -0.490 e. The van der Waals surface area contributed by atoms with Crippen LogP contribution in [0.5, 0.6) is 5.75 Å². The molecule has 1 atom stereocenters. The molecule has 6 rings (SSSR count).